The lowest BCUT2D eigenvalue weighted by Gasteiger charge is -2.45. The topological polar surface area (TPSA) is 32.3 Å². The SMILES string of the molecule is CC(C)(C)c1cc(N2c3cc(-c4ccccc4)ccc3B3c4ccc(-c5ccccc5)cc4N(c4cc(C(C)(C)C)cc(C(C)(C)C)c4)c4cc(-c5cc(-c6cc(-c7ccccc7)cc(-c7ccccc7)c6)nc(-c6cc(-c7ccccc7)cc(-c7ccccc7)c6)n5)cc2c43)cc(C(C)(C)C)c1. The number of fused-ring (bicyclic) bond motifs is 4. The Morgan fingerprint density at radius 3 is 0.786 bits per heavy atom. The molecule has 0 N–H and O–H groups in total. The summed E-state index contributed by atoms with van der Waals surface area (Å²) in [5, 5.41) is 0. The Morgan fingerprint density at radius 1 is 0.223 bits per heavy atom. The normalized spacial score (nSPS) is 12.8. The minimum Gasteiger partial charge on any atom is -0.311 e. The van der Waals surface area contributed by atoms with Crippen molar-refractivity contribution < 1.29 is 0 Å². The summed E-state index contributed by atoms with van der Waals surface area (Å²) in [5.41, 5.74) is 32.9. The van der Waals surface area contributed by atoms with Crippen LogP contribution in [0.3, 0.4) is 0 Å². The number of aromatic nitrogens is 2. The van der Waals surface area contributed by atoms with Gasteiger partial charge in [-0.15, -0.1) is 0 Å². The van der Waals surface area contributed by atoms with Crippen molar-refractivity contribution in [3.8, 4) is 101 Å². The van der Waals surface area contributed by atoms with E-state index in [1.807, 2.05) is 0 Å². The highest BCUT2D eigenvalue weighted by atomic mass is 15.2. The Hall–Kier alpha value is -11.4. The van der Waals surface area contributed by atoms with E-state index in [0.717, 1.165) is 118 Å². The van der Waals surface area contributed by atoms with Crippen LogP contribution < -0.4 is 26.2 Å². The van der Waals surface area contributed by atoms with E-state index in [1.54, 1.807) is 0 Å². The van der Waals surface area contributed by atoms with Crippen LogP contribution in [0.4, 0.5) is 34.1 Å². The summed E-state index contributed by atoms with van der Waals surface area (Å²) in [6.45, 7) is 28.1. The van der Waals surface area contributed by atoms with Crippen molar-refractivity contribution in [2.24, 2.45) is 0 Å². The largest absolute Gasteiger partial charge is 0.311 e. The molecule has 0 radical (unpaired) electrons. The standard InChI is InChI=1S/C98H87BN4/c1-95(2,3)79-57-80(96(4,5)6)60-83(59-79)102-89-53-70(64-31-19-13-20-32-64)43-45-85(89)99-86-46-44-71(65-33-21-14-22-34-65)54-90(86)103(84-61-81(97(7,8)9)58-82(62-84)98(10,11)12)92-56-77(55-91(102)93(92)99)88-63-87(76-49-72(66-35-23-15-24-36-66)47-73(50-76)67-37-25-16-26-38-67)100-94(101-88)78-51-74(68-39-27-17-28-40-68)48-75(52-78)69-41-29-18-30-42-69/h13-63H,1-12H3. The molecule has 0 amide bonds. The van der Waals surface area contributed by atoms with Gasteiger partial charge in [0.05, 0.1) is 11.4 Å². The van der Waals surface area contributed by atoms with Gasteiger partial charge in [0.25, 0.3) is 6.71 Å². The van der Waals surface area contributed by atoms with Crippen molar-refractivity contribution in [2.45, 2.75) is 105 Å². The summed E-state index contributed by atoms with van der Waals surface area (Å²) >= 11 is 0. The molecule has 2 aliphatic rings. The van der Waals surface area contributed by atoms with Crippen LogP contribution in [0.15, 0.2) is 309 Å². The van der Waals surface area contributed by atoms with E-state index in [0.29, 0.717) is 5.82 Å². The zero-order valence-corrected chi connectivity index (χ0v) is 61.3. The fraction of sp³-hybridized carbons (Fsp3) is 0.163. The molecule has 0 atom stereocenters. The van der Waals surface area contributed by atoms with E-state index in [4.69, 9.17) is 9.97 Å². The molecule has 1 aromatic heterocycles. The van der Waals surface area contributed by atoms with Crippen molar-refractivity contribution in [1.29, 1.82) is 0 Å². The van der Waals surface area contributed by atoms with Gasteiger partial charge in [-0.05, 0) is 218 Å². The van der Waals surface area contributed by atoms with Crippen LogP contribution in [-0.4, -0.2) is 16.7 Å². The highest BCUT2D eigenvalue weighted by Gasteiger charge is 2.45. The Labute approximate surface area is 610 Å². The number of anilines is 6. The van der Waals surface area contributed by atoms with Crippen molar-refractivity contribution in [1.82, 2.24) is 9.97 Å². The van der Waals surface area contributed by atoms with Gasteiger partial charge >= 0.3 is 0 Å². The minimum atomic E-state index is -0.183. The number of rotatable bonds is 11. The minimum absolute atomic E-state index is 0.177. The molecule has 5 heteroatoms. The van der Waals surface area contributed by atoms with Gasteiger partial charge in [-0.25, -0.2) is 9.97 Å². The molecule has 16 rings (SSSR count). The maximum absolute atomic E-state index is 6.02. The zero-order chi connectivity index (χ0) is 71.1. The molecule has 502 valence electrons. The van der Waals surface area contributed by atoms with Crippen LogP contribution in [0.1, 0.15) is 105 Å². The summed E-state index contributed by atoms with van der Waals surface area (Å²) in [6.07, 6.45) is 0. The smallest absolute Gasteiger partial charge is 0.252 e. The third-order valence-corrected chi connectivity index (χ3v) is 21.0. The molecule has 0 fully saturated rings. The van der Waals surface area contributed by atoms with Gasteiger partial charge in [-0.2, -0.15) is 0 Å². The lowest BCUT2D eigenvalue weighted by Crippen LogP contribution is -2.61. The molecular formula is C98H87BN4. The molecule has 0 aliphatic carbocycles. The highest BCUT2D eigenvalue weighted by Crippen LogP contribution is 2.51. The summed E-state index contributed by atoms with van der Waals surface area (Å²) in [5.74, 6) is 0.628. The molecular weight excluding hydrogens is 1240 g/mol. The fourth-order valence-electron chi connectivity index (χ4n) is 15.1. The van der Waals surface area contributed by atoms with Gasteiger partial charge in [0.15, 0.2) is 5.82 Å². The first kappa shape index (κ1) is 66.2. The number of hydrogen-bond acceptors (Lipinski definition) is 4. The molecule has 103 heavy (non-hydrogen) atoms. The Balaban J connectivity index is 1.06. The third kappa shape index (κ3) is 12.9. The average molecular weight is 1330 g/mol. The molecule has 0 saturated heterocycles. The summed E-state index contributed by atoms with van der Waals surface area (Å²) in [6, 6.07) is 115. The first-order chi connectivity index (χ1) is 49.5. The van der Waals surface area contributed by atoms with Crippen molar-refractivity contribution in [3.63, 3.8) is 0 Å². The van der Waals surface area contributed by atoms with Gasteiger partial charge in [0.1, 0.15) is 0 Å². The maximum atomic E-state index is 6.02. The second-order valence-electron chi connectivity index (χ2n) is 32.4. The first-order valence-electron chi connectivity index (χ1n) is 36.5. The average Bonchev–Trinajstić information content (AvgIpc) is 0.692. The monoisotopic (exact) mass is 1330 g/mol. The molecule has 2 aliphatic heterocycles. The Morgan fingerprint density at radius 2 is 0.485 bits per heavy atom. The lowest BCUT2D eigenvalue weighted by atomic mass is 9.33. The number of hydrogen-bond donors (Lipinski definition) is 0. The third-order valence-electron chi connectivity index (χ3n) is 21.0. The van der Waals surface area contributed by atoms with Crippen LogP contribution in [-0.2, 0) is 21.7 Å². The Bertz CT molecular complexity index is 5010. The Kier molecular flexibility index (Phi) is 16.6. The van der Waals surface area contributed by atoms with Gasteiger partial charge < -0.3 is 9.80 Å². The molecule has 13 aromatic carbocycles. The van der Waals surface area contributed by atoms with Crippen LogP contribution in [0.2, 0.25) is 0 Å². The molecule has 0 spiro atoms. The van der Waals surface area contributed by atoms with E-state index >= 15 is 0 Å². The predicted octanol–water partition coefficient (Wildman–Crippen LogP) is 24.8. The summed E-state index contributed by atoms with van der Waals surface area (Å²) in [7, 11) is 0. The van der Waals surface area contributed by atoms with Crippen LogP contribution >= 0.6 is 0 Å². The van der Waals surface area contributed by atoms with E-state index in [2.05, 4.69) is 402 Å². The molecule has 14 aromatic rings. The van der Waals surface area contributed by atoms with Crippen LogP contribution in [0.25, 0.3) is 101 Å². The second-order valence-corrected chi connectivity index (χ2v) is 32.4. The first-order valence-corrected chi connectivity index (χ1v) is 36.5. The quantitative estimate of drug-likeness (QED) is 0.121. The number of benzene rings is 13. The van der Waals surface area contributed by atoms with Crippen molar-refractivity contribution in [2.75, 3.05) is 9.80 Å². The van der Waals surface area contributed by atoms with E-state index in [-0.39, 0.29) is 28.4 Å². The van der Waals surface area contributed by atoms with Gasteiger partial charge in [0.2, 0.25) is 0 Å². The van der Waals surface area contributed by atoms with Gasteiger partial charge in [0, 0.05) is 50.8 Å². The zero-order valence-electron chi connectivity index (χ0n) is 61.3. The molecule has 0 bridgehead atoms. The van der Waals surface area contributed by atoms with E-state index in [1.165, 1.54) is 49.8 Å². The van der Waals surface area contributed by atoms with E-state index < -0.39 is 0 Å². The maximum Gasteiger partial charge on any atom is 0.252 e. The van der Waals surface area contributed by atoms with Crippen molar-refractivity contribution in [3.05, 3.63) is 332 Å². The molecule has 0 saturated carbocycles. The van der Waals surface area contributed by atoms with Gasteiger partial charge in [-0.1, -0.05) is 301 Å². The lowest BCUT2D eigenvalue weighted by molar-refractivity contribution is 0.568. The molecule has 4 nitrogen and oxygen atoms in total. The van der Waals surface area contributed by atoms with E-state index in [9.17, 15) is 0 Å². The highest BCUT2D eigenvalue weighted by molar-refractivity contribution is 7.00. The number of nitrogens with zero attached hydrogens (tertiary/aromatic N) is 4. The summed E-state index contributed by atoms with van der Waals surface area (Å²) < 4.78 is 0. The molecule has 0 unspecified atom stereocenters. The molecule has 3 heterocycles. The van der Waals surface area contributed by atoms with Gasteiger partial charge in [-0.3, -0.25) is 0 Å². The fourth-order valence-corrected chi connectivity index (χ4v) is 15.1. The summed E-state index contributed by atoms with van der Waals surface area (Å²) in [4.78, 5) is 17.1. The second kappa shape index (κ2) is 25.9. The van der Waals surface area contributed by atoms with Crippen molar-refractivity contribution >= 4 is 57.2 Å². The van der Waals surface area contributed by atoms with Crippen LogP contribution in [0.5, 0.6) is 0 Å². The predicted molar refractivity (Wildman–Crippen MR) is 440 cm³/mol. The van der Waals surface area contributed by atoms with Crippen LogP contribution in [0, 0.1) is 0 Å².